The third-order valence-corrected chi connectivity index (χ3v) is 4.08. The van der Waals surface area contributed by atoms with Gasteiger partial charge in [-0.3, -0.25) is 4.79 Å². The smallest absolute Gasteiger partial charge is 0.174 e. The second-order valence-corrected chi connectivity index (χ2v) is 5.93. The molecular weight excluding hydrogens is 254 g/mol. The van der Waals surface area contributed by atoms with Crippen LogP contribution in [-0.4, -0.2) is 5.78 Å². The lowest BCUT2D eigenvalue weighted by Gasteiger charge is -1.97. The van der Waals surface area contributed by atoms with Crippen molar-refractivity contribution >= 4 is 34.5 Å². The summed E-state index contributed by atoms with van der Waals surface area (Å²) < 4.78 is 1.12. The molecule has 19 heavy (non-hydrogen) atoms. The molecule has 0 saturated heterocycles. The molecular formula is C16H23NOS. The van der Waals surface area contributed by atoms with Crippen LogP contribution >= 0.6 is 11.3 Å². The number of carbonyl (C=O) groups is 1. The molecule has 0 spiro atoms. The number of ketones is 1. The maximum atomic E-state index is 11.9. The van der Waals surface area contributed by atoms with Gasteiger partial charge in [0.15, 0.2) is 5.78 Å². The summed E-state index contributed by atoms with van der Waals surface area (Å²) >= 11 is 1.52. The van der Waals surface area contributed by atoms with Gasteiger partial charge in [-0.05, 0) is 32.8 Å². The van der Waals surface area contributed by atoms with Gasteiger partial charge >= 0.3 is 0 Å². The number of carbonyl (C=O) groups excluding carboxylic acids is 1. The van der Waals surface area contributed by atoms with E-state index in [2.05, 4.69) is 39.8 Å². The fraction of sp³-hybridized carbons (Fsp3) is 0.438. The van der Waals surface area contributed by atoms with E-state index in [0.29, 0.717) is 17.0 Å². The molecule has 0 aromatic carbocycles. The summed E-state index contributed by atoms with van der Waals surface area (Å²) in [6.07, 6.45) is 5.70. The highest BCUT2D eigenvalue weighted by atomic mass is 32.1. The largest absolute Gasteiger partial charge is 0.397 e. The van der Waals surface area contributed by atoms with Gasteiger partial charge in [0, 0.05) is 16.2 Å². The number of rotatable bonds is 4. The van der Waals surface area contributed by atoms with Gasteiger partial charge in [0.1, 0.15) is 0 Å². The minimum Gasteiger partial charge on any atom is -0.397 e. The fourth-order valence-electron chi connectivity index (χ4n) is 2.07. The van der Waals surface area contributed by atoms with Crippen LogP contribution in [-0.2, 0) is 0 Å². The summed E-state index contributed by atoms with van der Waals surface area (Å²) in [5.41, 5.74) is 9.21. The van der Waals surface area contributed by atoms with E-state index >= 15 is 0 Å². The van der Waals surface area contributed by atoms with Crippen LogP contribution in [0.25, 0.3) is 11.6 Å². The summed E-state index contributed by atoms with van der Waals surface area (Å²) in [4.78, 5) is 12.6. The molecule has 2 nitrogen and oxygen atoms in total. The summed E-state index contributed by atoms with van der Waals surface area (Å²) in [7, 11) is 0. The third kappa shape index (κ3) is 3.57. The zero-order valence-electron chi connectivity index (χ0n) is 12.5. The number of nitrogen functional groups attached to an aromatic ring is 1. The molecule has 0 radical (unpaired) electrons. The van der Waals surface area contributed by atoms with Crippen LogP contribution in [0.4, 0.5) is 5.69 Å². The van der Waals surface area contributed by atoms with Gasteiger partial charge in [-0.2, -0.15) is 0 Å². The lowest BCUT2D eigenvalue weighted by atomic mass is 10.1. The molecule has 0 bridgehead atoms. The van der Waals surface area contributed by atoms with E-state index in [0.717, 1.165) is 21.7 Å². The average Bonchev–Trinajstić information content (AvgIpc) is 2.65. The highest BCUT2D eigenvalue weighted by Gasteiger charge is 2.13. The van der Waals surface area contributed by atoms with Crippen molar-refractivity contribution in [3.8, 4) is 0 Å². The Bertz CT molecular complexity index is 616. The molecule has 0 amide bonds. The molecule has 0 unspecified atom stereocenters. The summed E-state index contributed by atoms with van der Waals surface area (Å²) in [6.45, 7) is 10.1. The van der Waals surface area contributed by atoms with Gasteiger partial charge in [0.25, 0.3) is 0 Å². The van der Waals surface area contributed by atoms with Gasteiger partial charge in [-0.1, -0.05) is 31.6 Å². The molecule has 0 saturated carbocycles. The van der Waals surface area contributed by atoms with Crippen molar-refractivity contribution in [1.82, 2.24) is 0 Å². The summed E-state index contributed by atoms with van der Waals surface area (Å²) in [5.74, 6) is 0.129. The Labute approximate surface area is 119 Å². The Morgan fingerprint density at radius 3 is 2.37 bits per heavy atom. The van der Waals surface area contributed by atoms with Crippen molar-refractivity contribution in [3.63, 3.8) is 0 Å². The van der Waals surface area contributed by atoms with E-state index in [1.807, 2.05) is 6.92 Å². The van der Waals surface area contributed by atoms with Crippen LogP contribution in [0.3, 0.4) is 0 Å². The van der Waals surface area contributed by atoms with E-state index in [1.54, 1.807) is 0 Å². The predicted octanol–water partition coefficient (Wildman–Crippen LogP) is 3.25. The van der Waals surface area contributed by atoms with E-state index < -0.39 is 0 Å². The minimum atomic E-state index is 0.129. The Hall–Kier alpha value is -1.35. The quantitative estimate of drug-likeness (QED) is 0.859. The molecule has 1 aromatic heterocycles. The standard InChI is InChI=1S/C16H23NOS/c1-6-8-13-14(11(5)9-10(3)4)15(17)16(19-13)12(18)7-2/h8-9H,6-7,17H2,1-5H3/b13-8-,14-11+. The maximum absolute atomic E-state index is 11.9. The van der Waals surface area contributed by atoms with Gasteiger partial charge in [0.2, 0.25) is 0 Å². The maximum Gasteiger partial charge on any atom is 0.174 e. The first-order valence-electron chi connectivity index (χ1n) is 6.69. The highest BCUT2D eigenvalue weighted by Crippen LogP contribution is 2.15. The van der Waals surface area contributed by atoms with Gasteiger partial charge in [-0.25, -0.2) is 0 Å². The molecule has 1 heterocycles. The molecule has 0 atom stereocenters. The molecule has 0 fully saturated rings. The number of Topliss-reactive ketones (excluding diaryl/α,β-unsaturated/α-hetero) is 1. The first-order chi connectivity index (χ1) is 8.92. The molecule has 0 aliphatic rings. The van der Waals surface area contributed by atoms with Crippen molar-refractivity contribution in [2.45, 2.75) is 47.5 Å². The Kier molecular flexibility index (Phi) is 5.55. The van der Waals surface area contributed by atoms with Crippen molar-refractivity contribution in [2.75, 3.05) is 5.73 Å². The lowest BCUT2D eigenvalue weighted by Crippen LogP contribution is -2.23. The average molecular weight is 277 g/mol. The van der Waals surface area contributed by atoms with E-state index in [-0.39, 0.29) is 5.78 Å². The molecule has 0 aliphatic heterocycles. The molecule has 2 N–H and O–H groups in total. The van der Waals surface area contributed by atoms with Crippen LogP contribution in [0.1, 0.15) is 57.1 Å². The fourth-order valence-corrected chi connectivity index (χ4v) is 3.38. The minimum absolute atomic E-state index is 0.129. The van der Waals surface area contributed by atoms with Crippen molar-refractivity contribution in [3.05, 3.63) is 26.3 Å². The number of thiophene rings is 1. The lowest BCUT2D eigenvalue weighted by molar-refractivity contribution is 0.0993. The van der Waals surface area contributed by atoms with Gasteiger partial charge in [0.05, 0.1) is 10.6 Å². The van der Waals surface area contributed by atoms with E-state index in [4.69, 9.17) is 5.73 Å². The second kappa shape index (κ2) is 6.71. The van der Waals surface area contributed by atoms with Crippen LogP contribution in [0.15, 0.2) is 11.6 Å². The topological polar surface area (TPSA) is 43.1 Å². The first kappa shape index (κ1) is 15.7. The molecule has 3 heteroatoms. The normalized spacial score (nSPS) is 13.4. The number of nitrogens with two attached hydrogens (primary N) is 1. The predicted molar refractivity (Wildman–Crippen MR) is 85.9 cm³/mol. The number of hydrogen-bond donors (Lipinski definition) is 1. The second-order valence-electron chi connectivity index (χ2n) is 4.88. The van der Waals surface area contributed by atoms with Crippen LogP contribution in [0.5, 0.6) is 0 Å². The Morgan fingerprint density at radius 2 is 1.89 bits per heavy atom. The molecule has 1 aromatic rings. The Morgan fingerprint density at radius 1 is 1.26 bits per heavy atom. The van der Waals surface area contributed by atoms with Crippen molar-refractivity contribution in [2.24, 2.45) is 0 Å². The van der Waals surface area contributed by atoms with Crippen LogP contribution in [0, 0.1) is 0 Å². The van der Waals surface area contributed by atoms with Crippen LogP contribution < -0.4 is 15.5 Å². The zero-order valence-corrected chi connectivity index (χ0v) is 13.3. The number of anilines is 1. The van der Waals surface area contributed by atoms with E-state index in [9.17, 15) is 4.79 Å². The van der Waals surface area contributed by atoms with Crippen molar-refractivity contribution < 1.29 is 4.79 Å². The van der Waals surface area contributed by atoms with Gasteiger partial charge < -0.3 is 5.73 Å². The number of hydrogen-bond acceptors (Lipinski definition) is 3. The SMILES string of the molecule is CC/C=c1\sc(C(=O)CC)c(N)\c1=C(/C)C=C(C)C. The van der Waals surface area contributed by atoms with Gasteiger partial charge in [-0.15, -0.1) is 11.3 Å². The third-order valence-electron chi connectivity index (χ3n) is 2.84. The summed E-state index contributed by atoms with van der Waals surface area (Å²) in [6, 6.07) is 0. The molecule has 104 valence electrons. The zero-order chi connectivity index (χ0) is 14.6. The first-order valence-corrected chi connectivity index (χ1v) is 7.51. The van der Waals surface area contributed by atoms with E-state index in [1.165, 1.54) is 16.9 Å². The van der Waals surface area contributed by atoms with Crippen molar-refractivity contribution in [1.29, 1.82) is 0 Å². The monoisotopic (exact) mass is 277 g/mol. The molecule has 0 aliphatic carbocycles. The highest BCUT2D eigenvalue weighted by molar-refractivity contribution is 7.12. The van der Waals surface area contributed by atoms with Crippen LogP contribution in [0.2, 0.25) is 0 Å². The Balaban J connectivity index is 3.73. The number of allylic oxidation sites excluding steroid dienone is 2. The summed E-state index contributed by atoms with van der Waals surface area (Å²) in [5, 5.41) is 1.03. The molecule has 1 rings (SSSR count).